The zero-order valence-corrected chi connectivity index (χ0v) is 17.0. The second-order valence-corrected chi connectivity index (χ2v) is 6.69. The first-order valence-electron chi connectivity index (χ1n) is 9.43. The predicted molar refractivity (Wildman–Crippen MR) is 109 cm³/mol. The van der Waals surface area contributed by atoms with Crippen LogP contribution in [-0.4, -0.2) is 69.7 Å². The van der Waals surface area contributed by atoms with Crippen molar-refractivity contribution in [3.05, 3.63) is 53.3 Å². The van der Waals surface area contributed by atoms with Crippen LogP contribution in [0.25, 0.3) is 0 Å². The second-order valence-electron chi connectivity index (χ2n) is 6.69. The number of morpholine rings is 1. The van der Waals surface area contributed by atoms with Gasteiger partial charge in [0.1, 0.15) is 11.4 Å². The van der Waals surface area contributed by atoms with Crippen molar-refractivity contribution in [2.75, 3.05) is 40.0 Å². The fourth-order valence-electron chi connectivity index (χ4n) is 3.14. The van der Waals surface area contributed by atoms with Crippen LogP contribution in [0.5, 0.6) is 5.75 Å². The van der Waals surface area contributed by atoms with Crippen molar-refractivity contribution in [1.82, 2.24) is 10.2 Å². The van der Waals surface area contributed by atoms with Crippen molar-refractivity contribution >= 4 is 12.6 Å². The number of allylic oxidation sites excluding steroid dienone is 3. The van der Waals surface area contributed by atoms with Gasteiger partial charge in [-0.1, -0.05) is 23.8 Å². The highest BCUT2D eigenvalue weighted by Crippen LogP contribution is 2.26. The maximum Gasteiger partial charge on any atom is 0.433 e. The number of rotatable bonds is 8. The number of ether oxygens (including phenoxy) is 2. The summed E-state index contributed by atoms with van der Waals surface area (Å²) in [7, 11) is 1.48. The van der Waals surface area contributed by atoms with Gasteiger partial charge in [-0.25, -0.2) is 0 Å². The Morgan fingerprint density at radius 3 is 2.60 bits per heavy atom. The number of nitrogens with zero attached hydrogens (tertiary/aromatic N) is 2. The Hall–Kier alpha value is -2.65. The first kappa shape index (κ1) is 23.6. The standard InChI is InChI=1S/C21H26F3N3O3/c1-15(8-9-19(25-2)21(22,23)24)17(27-10-12-30-13-11-27)14-26-20(28)16-6-4-5-7-18(16)29-3/h4-9,17H,2,10-14H2,1,3H3,(H,26,28)/b15-8+,19-9-. The van der Waals surface area contributed by atoms with Gasteiger partial charge < -0.3 is 14.8 Å². The van der Waals surface area contributed by atoms with Crippen molar-refractivity contribution in [2.24, 2.45) is 4.99 Å². The van der Waals surface area contributed by atoms with E-state index >= 15 is 0 Å². The van der Waals surface area contributed by atoms with Crippen molar-refractivity contribution in [3.8, 4) is 5.75 Å². The zero-order valence-electron chi connectivity index (χ0n) is 17.0. The predicted octanol–water partition coefficient (Wildman–Crippen LogP) is 3.22. The van der Waals surface area contributed by atoms with E-state index in [-0.39, 0.29) is 18.5 Å². The molecular weight excluding hydrogens is 399 g/mol. The monoisotopic (exact) mass is 425 g/mol. The number of para-hydroxylation sites is 1. The number of benzene rings is 1. The Labute approximate surface area is 174 Å². The molecule has 1 saturated heterocycles. The molecule has 1 aromatic rings. The number of hydrogen-bond donors (Lipinski definition) is 1. The molecule has 9 heteroatoms. The fraction of sp³-hybridized carbons (Fsp3) is 0.429. The lowest BCUT2D eigenvalue weighted by atomic mass is 10.0. The normalized spacial score (nSPS) is 17.4. The largest absolute Gasteiger partial charge is 0.496 e. The van der Waals surface area contributed by atoms with Gasteiger partial charge in [-0.15, -0.1) is 0 Å². The minimum absolute atomic E-state index is 0.218. The average molecular weight is 425 g/mol. The summed E-state index contributed by atoms with van der Waals surface area (Å²) in [5, 5.41) is 2.86. The van der Waals surface area contributed by atoms with E-state index in [4.69, 9.17) is 9.47 Å². The summed E-state index contributed by atoms with van der Waals surface area (Å²) in [6.45, 7) is 7.18. The van der Waals surface area contributed by atoms with Gasteiger partial charge >= 0.3 is 6.18 Å². The molecule has 0 radical (unpaired) electrons. The van der Waals surface area contributed by atoms with E-state index in [1.807, 2.05) is 0 Å². The topological polar surface area (TPSA) is 63.2 Å². The maximum absolute atomic E-state index is 12.9. The summed E-state index contributed by atoms with van der Waals surface area (Å²) < 4.78 is 49.3. The van der Waals surface area contributed by atoms with Crippen molar-refractivity contribution in [1.29, 1.82) is 0 Å². The molecule has 0 spiro atoms. The highest BCUT2D eigenvalue weighted by atomic mass is 19.4. The van der Waals surface area contributed by atoms with Crippen molar-refractivity contribution in [3.63, 3.8) is 0 Å². The first-order chi connectivity index (χ1) is 14.3. The smallest absolute Gasteiger partial charge is 0.433 e. The molecule has 1 unspecified atom stereocenters. The average Bonchev–Trinajstić information content (AvgIpc) is 2.73. The lowest BCUT2D eigenvalue weighted by molar-refractivity contribution is -0.0922. The highest BCUT2D eigenvalue weighted by Gasteiger charge is 2.33. The molecule has 2 rings (SSSR count). The molecule has 1 fully saturated rings. The fourth-order valence-corrected chi connectivity index (χ4v) is 3.14. The molecule has 30 heavy (non-hydrogen) atoms. The third-order valence-electron chi connectivity index (χ3n) is 4.78. The summed E-state index contributed by atoms with van der Waals surface area (Å²) in [4.78, 5) is 17.8. The molecule has 164 valence electrons. The number of aliphatic imine (C=N–C) groups is 1. The summed E-state index contributed by atoms with van der Waals surface area (Å²) in [6.07, 6.45) is -2.31. The SMILES string of the molecule is C=N/C(=C\C=C(/C)C(CNC(=O)c1ccccc1OC)N1CCOCC1)C(F)(F)F. The lowest BCUT2D eigenvalue weighted by Gasteiger charge is -2.35. The van der Waals surface area contributed by atoms with E-state index in [1.165, 1.54) is 13.2 Å². The molecule has 1 N–H and O–H groups in total. The second kappa shape index (κ2) is 10.9. The van der Waals surface area contributed by atoms with Gasteiger partial charge in [-0.3, -0.25) is 14.7 Å². The van der Waals surface area contributed by atoms with Crippen LogP contribution in [0.15, 0.2) is 52.7 Å². The Morgan fingerprint density at radius 2 is 2.00 bits per heavy atom. The molecule has 1 aliphatic rings. The van der Waals surface area contributed by atoms with Crippen molar-refractivity contribution in [2.45, 2.75) is 19.1 Å². The quantitative estimate of drug-likeness (QED) is 0.513. The van der Waals surface area contributed by atoms with Crippen LogP contribution in [0.1, 0.15) is 17.3 Å². The zero-order chi connectivity index (χ0) is 22.1. The number of alkyl halides is 3. The summed E-state index contributed by atoms with van der Waals surface area (Å²) >= 11 is 0. The number of halogens is 3. The van der Waals surface area contributed by atoms with Gasteiger partial charge in [-0.05, 0) is 31.9 Å². The van der Waals surface area contributed by atoms with E-state index in [0.717, 1.165) is 6.08 Å². The van der Waals surface area contributed by atoms with Crippen molar-refractivity contribution < 1.29 is 27.4 Å². The lowest BCUT2D eigenvalue weighted by Crippen LogP contribution is -2.49. The molecule has 1 atom stereocenters. The molecular formula is C21H26F3N3O3. The van der Waals surface area contributed by atoms with E-state index < -0.39 is 11.9 Å². The Morgan fingerprint density at radius 1 is 1.33 bits per heavy atom. The molecule has 1 aromatic carbocycles. The molecule has 0 saturated carbocycles. The highest BCUT2D eigenvalue weighted by molar-refractivity contribution is 5.96. The molecule has 0 aromatic heterocycles. The molecule has 1 aliphatic heterocycles. The van der Waals surface area contributed by atoms with E-state index in [1.54, 1.807) is 31.2 Å². The molecule has 1 heterocycles. The summed E-state index contributed by atoms with van der Waals surface area (Å²) in [5.41, 5.74) is -0.0271. The van der Waals surface area contributed by atoms with Gasteiger partial charge in [0, 0.05) is 25.7 Å². The van der Waals surface area contributed by atoms with Crippen LogP contribution in [0.2, 0.25) is 0 Å². The number of carbonyl (C=O) groups excluding carboxylic acids is 1. The Bertz CT molecular complexity index is 800. The van der Waals surface area contributed by atoms with Gasteiger partial charge in [0.15, 0.2) is 0 Å². The van der Waals surface area contributed by atoms with Gasteiger partial charge in [-0.2, -0.15) is 13.2 Å². The van der Waals surface area contributed by atoms with Crippen LogP contribution < -0.4 is 10.1 Å². The number of amides is 1. The first-order valence-corrected chi connectivity index (χ1v) is 9.43. The summed E-state index contributed by atoms with van der Waals surface area (Å²) in [5.74, 6) is 0.123. The number of nitrogens with one attached hydrogen (secondary N) is 1. The minimum Gasteiger partial charge on any atom is -0.496 e. The van der Waals surface area contributed by atoms with Crippen LogP contribution in [-0.2, 0) is 4.74 Å². The number of hydrogen-bond acceptors (Lipinski definition) is 5. The van der Waals surface area contributed by atoms with E-state index in [2.05, 4.69) is 21.9 Å². The van der Waals surface area contributed by atoms with Crippen LogP contribution >= 0.6 is 0 Å². The molecule has 1 amide bonds. The van der Waals surface area contributed by atoms with Gasteiger partial charge in [0.25, 0.3) is 5.91 Å². The van der Waals surface area contributed by atoms with Crippen LogP contribution in [0.3, 0.4) is 0 Å². The minimum atomic E-state index is -4.58. The summed E-state index contributed by atoms with van der Waals surface area (Å²) in [6, 6.07) is 6.52. The van der Waals surface area contributed by atoms with Gasteiger partial charge in [0.05, 0.1) is 25.9 Å². The van der Waals surface area contributed by atoms with E-state index in [0.29, 0.717) is 43.2 Å². The molecule has 0 aliphatic carbocycles. The Balaban J connectivity index is 2.20. The number of carbonyl (C=O) groups is 1. The molecule has 0 bridgehead atoms. The van der Waals surface area contributed by atoms with E-state index in [9.17, 15) is 18.0 Å². The third kappa shape index (κ3) is 6.43. The van der Waals surface area contributed by atoms with Crippen LogP contribution in [0, 0.1) is 0 Å². The third-order valence-corrected chi connectivity index (χ3v) is 4.78. The van der Waals surface area contributed by atoms with Crippen LogP contribution in [0.4, 0.5) is 13.2 Å². The van der Waals surface area contributed by atoms with Gasteiger partial charge in [0.2, 0.25) is 0 Å². The number of methoxy groups -OCH3 is 1. The maximum atomic E-state index is 12.9. The Kier molecular flexibility index (Phi) is 8.61. The molecule has 6 nitrogen and oxygen atoms in total.